The summed E-state index contributed by atoms with van der Waals surface area (Å²) in [6.45, 7) is 9.57. The van der Waals surface area contributed by atoms with Crippen LogP contribution in [0.4, 0.5) is 0 Å². The Morgan fingerprint density at radius 3 is 2.33 bits per heavy atom. The van der Waals surface area contributed by atoms with Gasteiger partial charge < -0.3 is 9.98 Å². The summed E-state index contributed by atoms with van der Waals surface area (Å²) in [5.41, 5.74) is 19.1. The fourth-order valence-electron chi connectivity index (χ4n) is 10.00. The Morgan fingerprint density at radius 2 is 1.56 bits per heavy atom. The smallest absolute Gasteiger partial charge is 0.0662 e. The van der Waals surface area contributed by atoms with Gasteiger partial charge in [0, 0.05) is 49.3 Å². The molecule has 0 aliphatic heterocycles. The monoisotopic (exact) mass is 722 g/mol. The van der Waals surface area contributed by atoms with Gasteiger partial charge in [0.25, 0.3) is 0 Å². The number of thiophene rings is 1. The summed E-state index contributed by atoms with van der Waals surface area (Å²) in [5, 5.41) is 12.2. The zero-order valence-corrected chi connectivity index (χ0v) is 32.3. The average molecular weight is 723 g/mol. The second kappa shape index (κ2) is 12.9. The van der Waals surface area contributed by atoms with Crippen LogP contribution in [0.15, 0.2) is 103 Å². The number of rotatable bonds is 6. The first-order chi connectivity index (χ1) is 26.4. The van der Waals surface area contributed by atoms with Gasteiger partial charge in [-0.25, -0.2) is 0 Å². The molecule has 3 aromatic heterocycles. The summed E-state index contributed by atoms with van der Waals surface area (Å²) in [4.78, 5) is 1.60. The van der Waals surface area contributed by atoms with Crippen molar-refractivity contribution in [3.8, 4) is 5.69 Å². The van der Waals surface area contributed by atoms with Crippen molar-refractivity contribution in [2.45, 2.75) is 65.2 Å². The third-order valence-electron chi connectivity index (χ3n) is 12.2. The van der Waals surface area contributed by atoms with Crippen molar-refractivity contribution in [1.29, 1.82) is 5.41 Å². The van der Waals surface area contributed by atoms with Crippen molar-refractivity contribution in [3.05, 3.63) is 147 Å². The van der Waals surface area contributed by atoms with Gasteiger partial charge >= 0.3 is 0 Å². The van der Waals surface area contributed by atoms with Crippen LogP contribution in [0.2, 0.25) is 0 Å². The molecule has 4 nitrogen and oxygen atoms in total. The molecule has 4 unspecified atom stereocenters. The van der Waals surface area contributed by atoms with Crippen LogP contribution in [-0.4, -0.2) is 15.5 Å². The molecule has 268 valence electrons. The standard InChI is InChI=1S/C49H46N4S/c1-29-19-20-45-40(24-29)41-28-34(36-15-10-16-39-47-31(3)23-30(2)25-46(47)54-49(36)39)26-32(4)48(41)53(45)51-42(21-22-50)33-11-9-12-35(27-33)52-43-17-7-5-13-37(43)38-14-6-8-18-44(38)52/h5-22,27-32,50-51H,23-26H2,1-4H3/b42-21-,50-22?. The topological polar surface area (TPSA) is 45.7 Å². The molecule has 0 radical (unpaired) electrons. The molecule has 0 saturated carbocycles. The maximum absolute atomic E-state index is 8.24. The second-order valence-corrected chi connectivity index (χ2v) is 17.3. The van der Waals surface area contributed by atoms with E-state index in [0.717, 1.165) is 35.7 Å². The lowest BCUT2D eigenvalue weighted by molar-refractivity contribution is 0.457. The molecule has 0 amide bonds. The maximum Gasteiger partial charge on any atom is 0.0662 e. The van der Waals surface area contributed by atoms with E-state index in [1.54, 1.807) is 10.4 Å². The Bertz CT molecular complexity index is 2690. The van der Waals surface area contributed by atoms with Gasteiger partial charge in [0.05, 0.1) is 28.1 Å². The molecule has 4 atom stereocenters. The van der Waals surface area contributed by atoms with Crippen LogP contribution in [0, 0.1) is 17.2 Å². The van der Waals surface area contributed by atoms with Crippen molar-refractivity contribution in [2.75, 3.05) is 5.43 Å². The summed E-state index contributed by atoms with van der Waals surface area (Å²) in [7, 11) is 0. The molecule has 0 fully saturated rings. The van der Waals surface area contributed by atoms with Gasteiger partial charge in [-0.15, -0.1) is 11.3 Å². The molecule has 5 heteroatoms. The molecule has 10 rings (SSSR count). The number of fused-ring (bicyclic) bond motifs is 9. The summed E-state index contributed by atoms with van der Waals surface area (Å²) < 4.78 is 6.19. The molecule has 2 N–H and O–H groups in total. The Hall–Kier alpha value is -5.39. The maximum atomic E-state index is 8.24. The van der Waals surface area contributed by atoms with Crippen LogP contribution >= 0.6 is 11.3 Å². The minimum atomic E-state index is 0.302. The third-order valence-corrected chi connectivity index (χ3v) is 13.5. The quantitative estimate of drug-likeness (QED) is 0.165. The highest BCUT2D eigenvalue weighted by Gasteiger charge is 2.32. The van der Waals surface area contributed by atoms with E-state index in [2.05, 4.69) is 163 Å². The number of allylic oxidation sites excluding steroid dienone is 3. The predicted molar refractivity (Wildman–Crippen MR) is 232 cm³/mol. The third kappa shape index (κ3) is 5.20. The summed E-state index contributed by atoms with van der Waals surface area (Å²) in [6, 6.07) is 33.1. The van der Waals surface area contributed by atoms with Crippen molar-refractivity contribution in [2.24, 2.45) is 11.8 Å². The number of aromatic nitrogens is 2. The van der Waals surface area contributed by atoms with Crippen molar-refractivity contribution < 1.29 is 0 Å². The zero-order chi connectivity index (χ0) is 36.7. The van der Waals surface area contributed by atoms with Gasteiger partial charge in [0.2, 0.25) is 0 Å². The molecule has 0 bridgehead atoms. The van der Waals surface area contributed by atoms with Crippen LogP contribution in [0.3, 0.4) is 0 Å². The van der Waals surface area contributed by atoms with Gasteiger partial charge in [0.15, 0.2) is 0 Å². The molecule has 3 aliphatic carbocycles. The van der Waals surface area contributed by atoms with Gasteiger partial charge in [0.1, 0.15) is 0 Å². The van der Waals surface area contributed by atoms with Crippen LogP contribution in [-0.2, 0) is 12.8 Å². The Balaban J connectivity index is 1.08. The lowest BCUT2D eigenvalue weighted by Gasteiger charge is -2.26. The van der Waals surface area contributed by atoms with Crippen molar-refractivity contribution in [3.63, 3.8) is 0 Å². The van der Waals surface area contributed by atoms with E-state index in [-0.39, 0.29) is 0 Å². The molecule has 0 saturated heterocycles. The minimum absolute atomic E-state index is 0.302. The number of nitrogens with one attached hydrogen (secondary N) is 2. The number of hydrogen-bond acceptors (Lipinski definition) is 3. The Morgan fingerprint density at radius 1 is 0.815 bits per heavy atom. The van der Waals surface area contributed by atoms with Crippen LogP contribution in [0.5, 0.6) is 0 Å². The Labute approximate surface area is 321 Å². The summed E-state index contributed by atoms with van der Waals surface area (Å²) >= 11 is 2.06. The fourth-order valence-corrected chi connectivity index (χ4v) is 11.6. The number of hydrogen-bond donors (Lipinski definition) is 2. The fraction of sp³-hybridized carbons (Fsp3) is 0.245. The SMILES string of the molecule is CC1C=Cc2c(c3c(n2N/C(=C\C=N)c2cccc(-n4c5ccccc5c5ccccc54)c2)C(C)CC(c2cccc4c5c(sc24)CC(C)CC5C)=C3)C1. The highest BCUT2D eigenvalue weighted by atomic mass is 32.1. The van der Waals surface area contributed by atoms with E-state index in [1.807, 2.05) is 6.08 Å². The second-order valence-electron chi connectivity index (χ2n) is 16.2. The van der Waals surface area contributed by atoms with Crippen LogP contribution < -0.4 is 5.43 Å². The summed E-state index contributed by atoms with van der Waals surface area (Å²) in [6.07, 6.45) is 15.0. The molecular weight excluding hydrogens is 677 g/mol. The number of benzene rings is 4. The lowest BCUT2D eigenvalue weighted by Crippen LogP contribution is -2.21. The van der Waals surface area contributed by atoms with E-state index in [9.17, 15) is 0 Å². The Kier molecular flexibility index (Phi) is 7.92. The van der Waals surface area contributed by atoms with Crippen molar-refractivity contribution >= 4 is 72.9 Å². The van der Waals surface area contributed by atoms with Gasteiger partial charge in [-0.05, 0) is 114 Å². The molecular formula is C49H46N4S. The first-order valence-electron chi connectivity index (χ1n) is 19.7. The lowest BCUT2D eigenvalue weighted by atomic mass is 9.80. The van der Waals surface area contributed by atoms with E-state index >= 15 is 0 Å². The largest absolute Gasteiger partial charge is 0.309 e. The highest BCUT2D eigenvalue weighted by molar-refractivity contribution is 7.19. The van der Waals surface area contributed by atoms with Crippen LogP contribution in [0.25, 0.3) is 61.0 Å². The van der Waals surface area contributed by atoms with E-state index in [1.165, 1.54) is 84.6 Å². The minimum Gasteiger partial charge on any atom is -0.309 e. The van der Waals surface area contributed by atoms with E-state index < -0.39 is 0 Å². The molecule has 0 spiro atoms. The van der Waals surface area contributed by atoms with E-state index in [0.29, 0.717) is 17.8 Å². The first-order valence-corrected chi connectivity index (χ1v) is 20.5. The van der Waals surface area contributed by atoms with Crippen LogP contribution in [0.1, 0.15) is 96.5 Å². The van der Waals surface area contributed by atoms with Gasteiger partial charge in [-0.1, -0.05) is 101 Å². The molecule has 4 aromatic carbocycles. The highest BCUT2D eigenvalue weighted by Crippen LogP contribution is 2.49. The van der Waals surface area contributed by atoms with Gasteiger partial charge in [-0.3, -0.25) is 10.1 Å². The average Bonchev–Trinajstić information content (AvgIpc) is 3.82. The summed E-state index contributed by atoms with van der Waals surface area (Å²) in [5.74, 6) is 2.14. The van der Waals surface area contributed by atoms with E-state index in [4.69, 9.17) is 5.41 Å². The van der Waals surface area contributed by atoms with Gasteiger partial charge in [-0.2, -0.15) is 0 Å². The zero-order valence-electron chi connectivity index (χ0n) is 31.5. The normalized spacial score (nSPS) is 20.9. The number of nitrogens with zero attached hydrogens (tertiary/aromatic N) is 2. The molecule has 3 aliphatic rings. The first kappa shape index (κ1) is 33.2. The molecule has 3 heterocycles. The molecule has 54 heavy (non-hydrogen) atoms. The van der Waals surface area contributed by atoms with Crippen molar-refractivity contribution in [1.82, 2.24) is 9.24 Å². The predicted octanol–water partition coefficient (Wildman–Crippen LogP) is 13.0. The number of para-hydroxylation sites is 2. The molecule has 7 aromatic rings.